The maximum atomic E-state index is 14.7. The summed E-state index contributed by atoms with van der Waals surface area (Å²) in [6, 6.07) is 9.59. The van der Waals surface area contributed by atoms with Gasteiger partial charge in [0.1, 0.15) is 5.82 Å². The molecule has 0 N–H and O–H groups in total. The van der Waals surface area contributed by atoms with Gasteiger partial charge in [-0.05, 0) is 61.3 Å². The topological polar surface area (TPSA) is 25.8 Å². The van der Waals surface area contributed by atoms with Gasteiger partial charge in [0.25, 0.3) is 0 Å². The zero-order valence-electron chi connectivity index (χ0n) is 19.0. The quantitative estimate of drug-likeness (QED) is 0.351. The number of hydrogen-bond donors (Lipinski definition) is 0. The van der Waals surface area contributed by atoms with E-state index in [2.05, 4.69) is 24.0 Å². The van der Waals surface area contributed by atoms with E-state index >= 15 is 0 Å². The van der Waals surface area contributed by atoms with Crippen LogP contribution < -0.4 is 0 Å². The van der Waals surface area contributed by atoms with Crippen molar-refractivity contribution in [1.29, 1.82) is 0 Å². The first-order valence-electron chi connectivity index (χ1n) is 12.3. The monoisotopic (exact) mass is 410 g/mol. The Kier molecular flexibility index (Phi) is 9.29. The molecule has 1 saturated carbocycles. The van der Waals surface area contributed by atoms with Crippen molar-refractivity contribution < 1.29 is 4.39 Å². The Morgan fingerprint density at radius 2 is 1.53 bits per heavy atom. The highest BCUT2D eigenvalue weighted by molar-refractivity contribution is 5.59. The number of halogens is 1. The predicted molar refractivity (Wildman–Crippen MR) is 124 cm³/mol. The van der Waals surface area contributed by atoms with Crippen LogP contribution >= 0.6 is 0 Å². The molecule has 1 fully saturated rings. The Morgan fingerprint density at radius 1 is 0.800 bits per heavy atom. The van der Waals surface area contributed by atoms with E-state index in [9.17, 15) is 4.39 Å². The first kappa shape index (κ1) is 22.9. The Morgan fingerprint density at radius 3 is 2.17 bits per heavy atom. The summed E-state index contributed by atoms with van der Waals surface area (Å²) in [7, 11) is 0. The van der Waals surface area contributed by atoms with Crippen molar-refractivity contribution in [2.24, 2.45) is 11.8 Å². The van der Waals surface area contributed by atoms with E-state index in [1.54, 1.807) is 6.07 Å². The molecule has 1 aromatic heterocycles. The third-order valence-corrected chi connectivity index (χ3v) is 6.86. The van der Waals surface area contributed by atoms with Crippen LogP contribution in [-0.4, -0.2) is 10.2 Å². The van der Waals surface area contributed by atoms with Crippen molar-refractivity contribution in [1.82, 2.24) is 10.2 Å². The number of hydrogen-bond acceptors (Lipinski definition) is 2. The number of aryl methyl sites for hydroxylation is 2. The van der Waals surface area contributed by atoms with Gasteiger partial charge in [-0.15, -0.1) is 0 Å². The van der Waals surface area contributed by atoms with Gasteiger partial charge in [0.05, 0.1) is 11.4 Å². The van der Waals surface area contributed by atoms with E-state index < -0.39 is 0 Å². The highest BCUT2D eigenvalue weighted by atomic mass is 19.1. The fourth-order valence-electron chi connectivity index (χ4n) is 4.77. The van der Waals surface area contributed by atoms with Gasteiger partial charge in [-0.1, -0.05) is 83.8 Å². The van der Waals surface area contributed by atoms with Gasteiger partial charge in [0, 0.05) is 5.56 Å². The number of aromatic nitrogens is 2. The molecule has 0 spiro atoms. The molecule has 0 unspecified atom stereocenters. The van der Waals surface area contributed by atoms with Crippen molar-refractivity contribution in [2.45, 2.75) is 97.3 Å². The van der Waals surface area contributed by atoms with Gasteiger partial charge in [0.15, 0.2) is 0 Å². The molecule has 30 heavy (non-hydrogen) atoms. The number of benzene rings is 1. The lowest BCUT2D eigenvalue weighted by Crippen LogP contribution is -2.15. The summed E-state index contributed by atoms with van der Waals surface area (Å²) in [6.45, 7) is 4.48. The van der Waals surface area contributed by atoms with Gasteiger partial charge >= 0.3 is 0 Å². The van der Waals surface area contributed by atoms with Gasteiger partial charge in [-0.3, -0.25) is 0 Å². The van der Waals surface area contributed by atoms with Crippen molar-refractivity contribution in [3.63, 3.8) is 0 Å². The first-order valence-corrected chi connectivity index (χ1v) is 12.3. The maximum Gasteiger partial charge on any atom is 0.127 e. The highest BCUT2D eigenvalue weighted by Gasteiger charge is 2.21. The van der Waals surface area contributed by atoms with Gasteiger partial charge in [0.2, 0.25) is 0 Å². The first-order chi connectivity index (χ1) is 14.7. The molecule has 3 heteroatoms. The molecule has 0 bridgehead atoms. The summed E-state index contributed by atoms with van der Waals surface area (Å²) in [5, 5.41) is 8.66. The second kappa shape index (κ2) is 12.2. The van der Waals surface area contributed by atoms with E-state index in [1.165, 1.54) is 57.8 Å². The Bertz CT molecular complexity index is 748. The van der Waals surface area contributed by atoms with Gasteiger partial charge < -0.3 is 0 Å². The lowest BCUT2D eigenvalue weighted by atomic mass is 9.78. The molecule has 0 aliphatic heterocycles. The van der Waals surface area contributed by atoms with Crippen molar-refractivity contribution >= 4 is 0 Å². The third-order valence-electron chi connectivity index (χ3n) is 6.86. The number of unbranched alkanes of at least 4 members (excludes halogenated alkanes) is 3. The average molecular weight is 411 g/mol. The molecule has 1 aliphatic carbocycles. The van der Waals surface area contributed by atoms with Crippen LogP contribution in [0.15, 0.2) is 30.3 Å². The standard InChI is InChI=1S/C27H39FN2/c1-3-5-7-9-25-18-19-27(30-29-25)24-17-16-23(26(28)20-24)15-14-22-12-10-21(11-13-22)8-6-4-2/h16-22H,3-15H2,1-2H3/t21-,22-. The lowest BCUT2D eigenvalue weighted by molar-refractivity contribution is 0.249. The largest absolute Gasteiger partial charge is 0.207 e. The number of nitrogens with zero attached hydrogens (tertiary/aromatic N) is 2. The maximum absolute atomic E-state index is 14.7. The number of rotatable bonds is 11. The Labute approximate surface area is 182 Å². The zero-order valence-corrected chi connectivity index (χ0v) is 19.0. The van der Waals surface area contributed by atoms with Crippen LogP contribution in [0.5, 0.6) is 0 Å². The molecule has 2 nitrogen and oxygen atoms in total. The minimum Gasteiger partial charge on any atom is -0.207 e. The van der Waals surface area contributed by atoms with Gasteiger partial charge in [-0.25, -0.2) is 4.39 Å². The van der Waals surface area contributed by atoms with Crippen LogP contribution in [0.25, 0.3) is 11.3 Å². The van der Waals surface area contributed by atoms with Crippen LogP contribution in [0.3, 0.4) is 0 Å². The normalized spacial score (nSPS) is 19.2. The van der Waals surface area contributed by atoms with E-state index in [4.69, 9.17) is 0 Å². The van der Waals surface area contributed by atoms with Crippen molar-refractivity contribution in [3.05, 3.63) is 47.4 Å². The van der Waals surface area contributed by atoms with E-state index in [1.807, 2.05) is 24.3 Å². The minimum absolute atomic E-state index is 0.0991. The molecule has 0 radical (unpaired) electrons. The average Bonchev–Trinajstić information content (AvgIpc) is 2.78. The Hall–Kier alpha value is -1.77. The molecule has 0 saturated heterocycles. The van der Waals surface area contributed by atoms with E-state index in [0.29, 0.717) is 0 Å². The molecular weight excluding hydrogens is 371 g/mol. The smallest absolute Gasteiger partial charge is 0.127 e. The van der Waals surface area contributed by atoms with Crippen LogP contribution in [0.2, 0.25) is 0 Å². The minimum atomic E-state index is -0.0991. The summed E-state index contributed by atoms with van der Waals surface area (Å²) < 4.78 is 14.7. The summed E-state index contributed by atoms with van der Waals surface area (Å²) in [4.78, 5) is 0. The fraction of sp³-hybridized carbons (Fsp3) is 0.630. The zero-order chi connectivity index (χ0) is 21.2. The molecule has 1 aromatic carbocycles. The fourth-order valence-corrected chi connectivity index (χ4v) is 4.77. The van der Waals surface area contributed by atoms with Crippen LogP contribution in [-0.2, 0) is 12.8 Å². The van der Waals surface area contributed by atoms with Gasteiger partial charge in [-0.2, -0.15) is 10.2 Å². The Balaban J connectivity index is 1.49. The molecule has 1 heterocycles. The van der Waals surface area contributed by atoms with E-state index in [0.717, 1.165) is 60.0 Å². The molecule has 164 valence electrons. The second-order valence-electron chi connectivity index (χ2n) is 9.24. The molecule has 1 aliphatic rings. The predicted octanol–water partition coefficient (Wildman–Crippen LogP) is 7.94. The molecular formula is C27H39FN2. The van der Waals surface area contributed by atoms with Crippen molar-refractivity contribution in [3.8, 4) is 11.3 Å². The second-order valence-corrected chi connectivity index (χ2v) is 9.24. The highest BCUT2D eigenvalue weighted by Crippen LogP contribution is 2.34. The van der Waals surface area contributed by atoms with E-state index in [-0.39, 0.29) is 5.82 Å². The van der Waals surface area contributed by atoms with Crippen molar-refractivity contribution in [2.75, 3.05) is 0 Å². The lowest BCUT2D eigenvalue weighted by Gasteiger charge is -2.28. The summed E-state index contributed by atoms with van der Waals surface area (Å²) >= 11 is 0. The molecule has 2 aromatic rings. The molecule has 0 atom stereocenters. The third kappa shape index (κ3) is 6.89. The molecule has 0 amide bonds. The summed E-state index contributed by atoms with van der Waals surface area (Å²) in [6.07, 6.45) is 16.0. The SMILES string of the molecule is CCCCCc1ccc(-c2ccc(CC[C@H]3CC[C@H](CCCC)CC3)c(F)c2)nn1. The molecule has 3 rings (SSSR count). The van der Waals surface area contributed by atoms with Crippen LogP contribution in [0, 0.1) is 17.7 Å². The summed E-state index contributed by atoms with van der Waals surface area (Å²) in [5.41, 5.74) is 3.44. The van der Waals surface area contributed by atoms with Crippen LogP contribution in [0.4, 0.5) is 4.39 Å². The summed E-state index contributed by atoms with van der Waals surface area (Å²) in [5.74, 6) is 1.61. The van der Waals surface area contributed by atoms with Crippen LogP contribution in [0.1, 0.15) is 95.7 Å².